The SMILES string of the molecule is O=C(CSc1ccc2ccccc2c1)NCC1CC1. The Balaban J connectivity index is 1.56. The monoisotopic (exact) mass is 271 g/mol. The predicted molar refractivity (Wildman–Crippen MR) is 80.4 cm³/mol. The molecular formula is C16H17NOS. The highest BCUT2D eigenvalue weighted by Crippen LogP contribution is 2.27. The summed E-state index contributed by atoms with van der Waals surface area (Å²) >= 11 is 1.60. The van der Waals surface area contributed by atoms with E-state index in [1.807, 2.05) is 12.1 Å². The molecule has 2 nitrogen and oxygen atoms in total. The normalized spacial score (nSPS) is 14.5. The minimum absolute atomic E-state index is 0.144. The number of carbonyl (C=O) groups is 1. The van der Waals surface area contributed by atoms with Crippen molar-refractivity contribution in [1.82, 2.24) is 5.32 Å². The molecule has 0 atom stereocenters. The quantitative estimate of drug-likeness (QED) is 0.844. The largest absolute Gasteiger partial charge is 0.355 e. The number of rotatable bonds is 5. The first-order chi connectivity index (χ1) is 9.31. The zero-order chi connectivity index (χ0) is 13.1. The maximum Gasteiger partial charge on any atom is 0.230 e. The smallest absolute Gasteiger partial charge is 0.230 e. The highest BCUT2D eigenvalue weighted by Gasteiger charge is 2.21. The van der Waals surface area contributed by atoms with Crippen molar-refractivity contribution in [3.8, 4) is 0 Å². The van der Waals surface area contributed by atoms with Crippen molar-refractivity contribution in [3.63, 3.8) is 0 Å². The maximum absolute atomic E-state index is 11.7. The van der Waals surface area contributed by atoms with Crippen molar-refractivity contribution in [1.29, 1.82) is 0 Å². The van der Waals surface area contributed by atoms with Crippen LogP contribution >= 0.6 is 11.8 Å². The summed E-state index contributed by atoms with van der Waals surface area (Å²) in [5.41, 5.74) is 0. The first-order valence-electron chi connectivity index (χ1n) is 6.69. The van der Waals surface area contributed by atoms with Gasteiger partial charge in [-0.3, -0.25) is 4.79 Å². The molecule has 3 rings (SSSR count). The zero-order valence-corrected chi connectivity index (χ0v) is 11.6. The first kappa shape index (κ1) is 12.5. The second-order valence-corrected chi connectivity index (χ2v) is 6.09. The molecule has 0 unspecified atom stereocenters. The van der Waals surface area contributed by atoms with Gasteiger partial charge in [-0.05, 0) is 41.7 Å². The van der Waals surface area contributed by atoms with E-state index in [1.54, 1.807) is 11.8 Å². The molecule has 1 N–H and O–H groups in total. The molecule has 0 aliphatic heterocycles. The average Bonchev–Trinajstić information content (AvgIpc) is 3.27. The Morgan fingerprint density at radius 1 is 1.16 bits per heavy atom. The second-order valence-electron chi connectivity index (χ2n) is 5.05. The summed E-state index contributed by atoms with van der Waals surface area (Å²) in [5.74, 6) is 1.39. The minimum atomic E-state index is 0.144. The zero-order valence-electron chi connectivity index (χ0n) is 10.8. The van der Waals surface area contributed by atoms with Crippen molar-refractivity contribution in [2.24, 2.45) is 5.92 Å². The summed E-state index contributed by atoms with van der Waals surface area (Å²) in [4.78, 5) is 12.8. The minimum Gasteiger partial charge on any atom is -0.355 e. The summed E-state index contributed by atoms with van der Waals surface area (Å²) < 4.78 is 0. The molecule has 0 bridgehead atoms. The van der Waals surface area contributed by atoms with Gasteiger partial charge in [0.2, 0.25) is 5.91 Å². The number of fused-ring (bicyclic) bond motifs is 1. The fourth-order valence-corrected chi connectivity index (χ4v) is 2.81. The van der Waals surface area contributed by atoms with Crippen molar-refractivity contribution in [2.75, 3.05) is 12.3 Å². The van der Waals surface area contributed by atoms with E-state index in [0.29, 0.717) is 5.75 Å². The molecule has 19 heavy (non-hydrogen) atoms. The predicted octanol–water partition coefficient (Wildman–Crippen LogP) is 3.46. The standard InChI is InChI=1S/C16H17NOS/c18-16(17-10-12-5-6-12)11-19-15-8-7-13-3-1-2-4-14(13)9-15/h1-4,7-9,12H,5-6,10-11H2,(H,17,18). The van der Waals surface area contributed by atoms with E-state index >= 15 is 0 Å². The van der Waals surface area contributed by atoms with Gasteiger partial charge >= 0.3 is 0 Å². The number of benzene rings is 2. The van der Waals surface area contributed by atoms with Gasteiger partial charge in [0.25, 0.3) is 0 Å². The van der Waals surface area contributed by atoms with Gasteiger partial charge in [0.05, 0.1) is 5.75 Å². The number of nitrogens with one attached hydrogen (secondary N) is 1. The lowest BCUT2D eigenvalue weighted by Crippen LogP contribution is -2.27. The summed E-state index contributed by atoms with van der Waals surface area (Å²) in [6.45, 7) is 0.858. The third-order valence-electron chi connectivity index (χ3n) is 3.38. The first-order valence-corrected chi connectivity index (χ1v) is 7.68. The van der Waals surface area contributed by atoms with E-state index in [0.717, 1.165) is 17.4 Å². The lowest BCUT2D eigenvalue weighted by atomic mass is 10.1. The molecule has 0 spiro atoms. The molecule has 98 valence electrons. The topological polar surface area (TPSA) is 29.1 Å². The Hall–Kier alpha value is -1.48. The summed E-state index contributed by atoms with van der Waals surface area (Å²) in [6, 6.07) is 14.6. The number of thioether (sulfide) groups is 1. The van der Waals surface area contributed by atoms with E-state index in [-0.39, 0.29) is 5.91 Å². The van der Waals surface area contributed by atoms with Crippen molar-refractivity contribution in [2.45, 2.75) is 17.7 Å². The lowest BCUT2D eigenvalue weighted by molar-refractivity contribution is -0.118. The van der Waals surface area contributed by atoms with Gasteiger partial charge in [-0.15, -0.1) is 11.8 Å². The molecule has 2 aromatic rings. The van der Waals surface area contributed by atoms with Crippen molar-refractivity contribution in [3.05, 3.63) is 42.5 Å². The Labute approximate surface area is 117 Å². The van der Waals surface area contributed by atoms with Crippen LogP contribution in [0.1, 0.15) is 12.8 Å². The van der Waals surface area contributed by atoms with Crippen molar-refractivity contribution < 1.29 is 4.79 Å². The van der Waals surface area contributed by atoms with Crippen LogP contribution in [0.25, 0.3) is 10.8 Å². The van der Waals surface area contributed by atoms with Gasteiger partial charge in [0.1, 0.15) is 0 Å². The van der Waals surface area contributed by atoms with Gasteiger partial charge in [-0.2, -0.15) is 0 Å². The van der Waals surface area contributed by atoms with Gasteiger partial charge < -0.3 is 5.32 Å². The second kappa shape index (κ2) is 5.66. The van der Waals surface area contributed by atoms with Gasteiger partial charge in [-0.1, -0.05) is 30.3 Å². The van der Waals surface area contributed by atoms with E-state index in [9.17, 15) is 4.79 Å². The Bertz CT molecular complexity index is 592. The van der Waals surface area contributed by atoms with Crippen molar-refractivity contribution >= 4 is 28.4 Å². The Morgan fingerprint density at radius 2 is 1.95 bits per heavy atom. The average molecular weight is 271 g/mol. The fraction of sp³-hybridized carbons (Fsp3) is 0.312. The van der Waals surface area contributed by atoms with Crippen LogP contribution in [0.2, 0.25) is 0 Å². The van der Waals surface area contributed by atoms with Crippen LogP contribution in [-0.4, -0.2) is 18.2 Å². The van der Waals surface area contributed by atoms with Crippen LogP contribution in [0.3, 0.4) is 0 Å². The summed E-state index contributed by atoms with van der Waals surface area (Å²) in [6.07, 6.45) is 2.55. The highest BCUT2D eigenvalue weighted by molar-refractivity contribution is 8.00. The lowest BCUT2D eigenvalue weighted by Gasteiger charge is -2.05. The van der Waals surface area contributed by atoms with Crippen LogP contribution in [0.5, 0.6) is 0 Å². The molecular weight excluding hydrogens is 254 g/mol. The summed E-state index contributed by atoms with van der Waals surface area (Å²) in [7, 11) is 0. The number of hydrogen-bond acceptors (Lipinski definition) is 2. The van der Waals surface area contributed by atoms with Crippen LogP contribution in [-0.2, 0) is 4.79 Å². The molecule has 2 aromatic carbocycles. The molecule has 1 amide bonds. The molecule has 1 aliphatic rings. The molecule has 1 aliphatic carbocycles. The van der Waals surface area contributed by atoms with E-state index in [4.69, 9.17) is 0 Å². The van der Waals surface area contributed by atoms with E-state index in [2.05, 4.69) is 35.6 Å². The Morgan fingerprint density at radius 3 is 2.74 bits per heavy atom. The molecule has 1 saturated carbocycles. The highest BCUT2D eigenvalue weighted by atomic mass is 32.2. The maximum atomic E-state index is 11.7. The van der Waals surface area contributed by atoms with E-state index < -0.39 is 0 Å². The van der Waals surface area contributed by atoms with Crippen LogP contribution in [0.4, 0.5) is 0 Å². The van der Waals surface area contributed by atoms with E-state index in [1.165, 1.54) is 23.6 Å². The van der Waals surface area contributed by atoms with Gasteiger partial charge in [-0.25, -0.2) is 0 Å². The van der Waals surface area contributed by atoms with Crippen LogP contribution < -0.4 is 5.32 Å². The molecule has 0 saturated heterocycles. The fourth-order valence-electron chi connectivity index (χ4n) is 2.04. The third-order valence-corrected chi connectivity index (χ3v) is 4.37. The van der Waals surface area contributed by atoms with Gasteiger partial charge in [0.15, 0.2) is 0 Å². The molecule has 3 heteroatoms. The molecule has 0 radical (unpaired) electrons. The number of carbonyl (C=O) groups excluding carboxylic acids is 1. The van der Waals surface area contributed by atoms with Gasteiger partial charge in [0, 0.05) is 11.4 Å². The molecule has 0 heterocycles. The van der Waals surface area contributed by atoms with Crippen LogP contribution in [0.15, 0.2) is 47.4 Å². The number of amides is 1. The number of hydrogen-bond donors (Lipinski definition) is 1. The molecule has 0 aromatic heterocycles. The summed E-state index contributed by atoms with van der Waals surface area (Å²) in [5, 5.41) is 5.46. The molecule has 1 fully saturated rings. The van der Waals surface area contributed by atoms with Crippen LogP contribution in [0, 0.1) is 5.92 Å². The third kappa shape index (κ3) is 3.51. The Kier molecular flexibility index (Phi) is 3.74.